The van der Waals surface area contributed by atoms with Crippen molar-refractivity contribution in [1.29, 1.82) is 0 Å². The maximum Gasteiger partial charge on any atom is 0.410 e. The molecule has 0 bridgehead atoms. The van der Waals surface area contributed by atoms with Gasteiger partial charge in [-0.3, -0.25) is 14.5 Å². The van der Waals surface area contributed by atoms with Crippen molar-refractivity contribution in [2.45, 2.75) is 51.2 Å². The maximum absolute atomic E-state index is 13.1. The Bertz CT molecular complexity index is 637. The molecule has 1 fully saturated rings. The van der Waals surface area contributed by atoms with Gasteiger partial charge < -0.3 is 10.1 Å². The smallest absolute Gasteiger partial charge is 0.410 e. The summed E-state index contributed by atoms with van der Waals surface area (Å²) in [4.78, 5) is 39.2. The molecule has 6 heteroatoms. The molecule has 0 saturated carbocycles. The lowest BCUT2D eigenvalue weighted by Crippen LogP contribution is -2.46. The number of hydrogen-bond donors (Lipinski definition) is 1. The van der Waals surface area contributed by atoms with Crippen molar-refractivity contribution in [2.75, 3.05) is 6.54 Å². The normalized spacial score (nSPS) is 18.6. The van der Waals surface area contributed by atoms with Gasteiger partial charge in [-0.05, 0) is 39.2 Å². The van der Waals surface area contributed by atoms with Crippen molar-refractivity contribution in [2.24, 2.45) is 0 Å². The van der Waals surface area contributed by atoms with Gasteiger partial charge in [0.1, 0.15) is 11.5 Å². The van der Waals surface area contributed by atoms with Crippen LogP contribution in [0, 0.1) is 7.05 Å². The Morgan fingerprint density at radius 1 is 1.24 bits per heavy atom. The molecule has 1 aliphatic heterocycles. The van der Waals surface area contributed by atoms with Crippen LogP contribution in [0.15, 0.2) is 30.3 Å². The van der Waals surface area contributed by atoms with E-state index in [1.807, 2.05) is 6.07 Å². The predicted octanol–water partition coefficient (Wildman–Crippen LogP) is 2.65. The lowest BCUT2D eigenvalue weighted by molar-refractivity contribution is -0.132. The van der Waals surface area contributed by atoms with Gasteiger partial charge in [0.25, 0.3) is 0 Å². The van der Waals surface area contributed by atoms with Crippen LogP contribution in [-0.2, 0) is 14.3 Å². The number of nitrogens with zero attached hydrogens (tertiary/aromatic N) is 1. The van der Waals surface area contributed by atoms with E-state index in [9.17, 15) is 14.4 Å². The lowest BCUT2D eigenvalue weighted by atomic mass is 9.89. The second-order valence-corrected chi connectivity index (χ2v) is 7.12. The van der Waals surface area contributed by atoms with Crippen LogP contribution in [0.5, 0.6) is 0 Å². The van der Waals surface area contributed by atoms with E-state index >= 15 is 0 Å². The number of Topliss-reactive ketones (excluding diaryl/α,β-unsaturated/α-hetero) is 1. The minimum absolute atomic E-state index is 0.310. The average Bonchev–Trinajstić information content (AvgIpc) is 3.04. The Morgan fingerprint density at radius 2 is 1.88 bits per heavy atom. The zero-order valence-corrected chi connectivity index (χ0v) is 15.0. The molecule has 2 amide bonds. The number of likely N-dealkylation sites (tertiary alicyclic amines) is 1. The molecule has 0 aliphatic carbocycles. The van der Waals surface area contributed by atoms with Gasteiger partial charge in [-0.2, -0.15) is 0 Å². The molecule has 135 valence electrons. The van der Waals surface area contributed by atoms with Crippen LogP contribution in [-0.4, -0.2) is 40.9 Å². The SMILES string of the molecule is [CH2]NC(=O)C(C(=O)[C@@H]1CCCN1C(=O)OC(C)(C)C)c1ccccc1. The van der Waals surface area contributed by atoms with Gasteiger partial charge in [0, 0.05) is 13.6 Å². The molecule has 1 unspecified atom stereocenters. The van der Waals surface area contributed by atoms with Crippen LogP contribution >= 0.6 is 0 Å². The molecule has 6 nitrogen and oxygen atoms in total. The highest BCUT2D eigenvalue weighted by Crippen LogP contribution is 2.28. The number of ether oxygens (including phenoxy) is 1. The molecule has 1 heterocycles. The standard InChI is InChI=1S/C19H25N2O4/c1-19(2,3)25-18(24)21-12-8-11-14(21)16(22)15(17(23)20-4)13-9-6-5-7-10-13/h5-7,9-10,14-15H,4,8,11-12H2,1-3H3,(H,20,23)/t14-,15?/m0/s1. The van der Waals surface area contributed by atoms with Crippen molar-refractivity contribution in [3.8, 4) is 0 Å². The van der Waals surface area contributed by atoms with E-state index in [2.05, 4.69) is 12.4 Å². The number of nitrogens with one attached hydrogen (secondary N) is 1. The summed E-state index contributed by atoms with van der Waals surface area (Å²) < 4.78 is 5.40. The van der Waals surface area contributed by atoms with Crippen LogP contribution in [0.4, 0.5) is 4.79 Å². The number of amides is 2. The molecule has 1 aromatic carbocycles. The highest BCUT2D eigenvalue weighted by molar-refractivity contribution is 6.09. The van der Waals surface area contributed by atoms with E-state index in [1.165, 1.54) is 4.90 Å². The first-order valence-electron chi connectivity index (χ1n) is 8.40. The molecule has 1 saturated heterocycles. The fourth-order valence-electron chi connectivity index (χ4n) is 2.99. The van der Waals surface area contributed by atoms with Gasteiger partial charge in [0.2, 0.25) is 5.91 Å². The minimum Gasteiger partial charge on any atom is -0.444 e. The highest BCUT2D eigenvalue weighted by atomic mass is 16.6. The van der Waals surface area contributed by atoms with Crippen LogP contribution in [0.3, 0.4) is 0 Å². The average molecular weight is 345 g/mol. The van der Waals surface area contributed by atoms with E-state index < -0.39 is 29.6 Å². The highest BCUT2D eigenvalue weighted by Gasteiger charge is 2.41. The third kappa shape index (κ3) is 4.59. The summed E-state index contributed by atoms with van der Waals surface area (Å²) >= 11 is 0. The van der Waals surface area contributed by atoms with Crippen LogP contribution < -0.4 is 5.32 Å². The molecule has 0 spiro atoms. The van der Waals surface area contributed by atoms with Gasteiger partial charge in [-0.1, -0.05) is 30.3 Å². The molecule has 25 heavy (non-hydrogen) atoms. The van der Waals surface area contributed by atoms with Crippen LogP contribution in [0.2, 0.25) is 0 Å². The van der Waals surface area contributed by atoms with E-state index in [0.29, 0.717) is 24.9 Å². The predicted molar refractivity (Wildman–Crippen MR) is 93.7 cm³/mol. The molecule has 2 atom stereocenters. The molecule has 2 rings (SSSR count). The second kappa shape index (κ2) is 7.68. The zero-order valence-electron chi connectivity index (χ0n) is 15.0. The number of rotatable bonds is 4. The van der Waals surface area contributed by atoms with Gasteiger partial charge in [-0.25, -0.2) is 4.79 Å². The summed E-state index contributed by atoms with van der Waals surface area (Å²) in [6.07, 6.45) is 0.694. The molecule has 1 N–H and O–H groups in total. The topological polar surface area (TPSA) is 75.7 Å². The van der Waals surface area contributed by atoms with Crippen molar-refractivity contribution in [1.82, 2.24) is 10.2 Å². The molecular formula is C19H25N2O4. The van der Waals surface area contributed by atoms with Crippen molar-refractivity contribution in [3.05, 3.63) is 42.9 Å². The fourth-order valence-corrected chi connectivity index (χ4v) is 2.99. The molecular weight excluding hydrogens is 320 g/mol. The molecule has 1 aromatic rings. The maximum atomic E-state index is 13.1. The van der Waals surface area contributed by atoms with Crippen molar-refractivity contribution < 1.29 is 19.1 Å². The van der Waals surface area contributed by atoms with Gasteiger partial charge >= 0.3 is 6.09 Å². The minimum atomic E-state index is -0.994. The van der Waals surface area contributed by atoms with E-state index in [0.717, 1.165) is 0 Å². The summed E-state index contributed by atoms with van der Waals surface area (Å²) in [7, 11) is 3.39. The summed E-state index contributed by atoms with van der Waals surface area (Å²) in [6.45, 7) is 5.78. The van der Waals surface area contributed by atoms with E-state index in [4.69, 9.17) is 4.74 Å². The second-order valence-electron chi connectivity index (χ2n) is 7.12. The van der Waals surface area contributed by atoms with Crippen molar-refractivity contribution >= 4 is 17.8 Å². The Morgan fingerprint density at radius 3 is 2.44 bits per heavy atom. The van der Waals surface area contributed by atoms with E-state index in [-0.39, 0.29) is 5.78 Å². The number of ketones is 1. The number of benzene rings is 1. The van der Waals surface area contributed by atoms with Crippen LogP contribution in [0.1, 0.15) is 45.1 Å². The first-order chi connectivity index (χ1) is 11.7. The first-order valence-corrected chi connectivity index (χ1v) is 8.40. The fraction of sp³-hybridized carbons (Fsp3) is 0.474. The molecule has 0 aromatic heterocycles. The van der Waals surface area contributed by atoms with Gasteiger partial charge in [0.15, 0.2) is 5.78 Å². The summed E-state index contributed by atoms with van der Waals surface area (Å²) in [6, 6.07) is 8.14. The van der Waals surface area contributed by atoms with Gasteiger partial charge in [0.05, 0.1) is 6.04 Å². The summed E-state index contributed by atoms with van der Waals surface area (Å²) in [5, 5.41) is 2.31. The summed E-state index contributed by atoms with van der Waals surface area (Å²) in [5.41, 5.74) is -0.0544. The quantitative estimate of drug-likeness (QED) is 0.851. The Balaban J connectivity index is 2.25. The Hall–Kier alpha value is -2.37. The third-order valence-electron chi connectivity index (χ3n) is 4.06. The first kappa shape index (κ1) is 19.0. The third-order valence-corrected chi connectivity index (χ3v) is 4.06. The number of hydrogen-bond acceptors (Lipinski definition) is 4. The number of carbonyl (C=O) groups is 3. The Kier molecular flexibility index (Phi) is 5.82. The Labute approximate surface area is 148 Å². The summed E-state index contributed by atoms with van der Waals surface area (Å²) in [5.74, 6) is -1.78. The van der Waals surface area contributed by atoms with Gasteiger partial charge in [-0.15, -0.1) is 0 Å². The molecule has 1 radical (unpaired) electrons. The number of carbonyl (C=O) groups excluding carboxylic acids is 3. The van der Waals surface area contributed by atoms with Crippen molar-refractivity contribution in [3.63, 3.8) is 0 Å². The molecule has 1 aliphatic rings. The van der Waals surface area contributed by atoms with E-state index in [1.54, 1.807) is 45.0 Å². The lowest BCUT2D eigenvalue weighted by Gasteiger charge is -2.29. The monoisotopic (exact) mass is 345 g/mol. The van der Waals surface area contributed by atoms with Crippen LogP contribution in [0.25, 0.3) is 0 Å². The zero-order chi connectivity index (χ0) is 18.6. The largest absolute Gasteiger partial charge is 0.444 e.